The summed E-state index contributed by atoms with van der Waals surface area (Å²) in [6.45, 7) is 7.17. The lowest BCUT2D eigenvalue weighted by molar-refractivity contribution is 0.234. The number of hydrogen-bond donors (Lipinski definition) is 2. The zero-order valence-electron chi connectivity index (χ0n) is 14.2. The second-order valence-electron chi connectivity index (χ2n) is 6.45. The van der Waals surface area contributed by atoms with Crippen LogP contribution in [0.15, 0.2) is 41.1 Å². The van der Waals surface area contributed by atoms with Crippen molar-refractivity contribution < 1.29 is 9.21 Å². The van der Waals surface area contributed by atoms with Crippen LogP contribution in [0.2, 0.25) is 0 Å². The Bertz CT molecular complexity index is 671. The smallest absolute Gasteiger partial charge is 0.315 e. The van der Waals surface area contributed by atoms with Gasteiger partial charge in [-0.1, -0.05) is 37.3 Å². The van der Waals surface area contributed by atoms with Crippen molar-refractivity contribution in [1.82, 2.24) is 20.5 Å². The van der Waals surface area contributed by atoms with E-state index >= 15 is 0 Å². The van der Waals surface area contributed by atoms with E-state index in [0.29, 0.717) is 12.5 Å². The fourth-order valence-corrected chi connectivity index (χ4v) is 3.11. The standard InChI is InChI=1S/C18H24N4O2/c1-13-9-22(10-15-6-4-3-5-7-15)11-17(13)21-18(23)19-8-16-14(2)24-12-20-16/h3-7,12-13,17H,8-11H2,1-2H3,(H2,19,21,23)/t13-,17-/m1/s1. The maximum atomic E-state index is 12.1. The van der Waals surface area contributed by atoms with Gasteiger partial charge in [0.1, 0.15) is 11.5 Å². The maximum Gasteiger partial charge on any atom is 0.315 e. The van der Waals surface area contributed by atoms with E-state index < -0.39 is 0 Å². The van der Waals surface area contributed by atoms with Gasteiger partial charge in [0.2, 0.25) is 0 Å². The van der Waals surface area contributed by atoms with Crippen LogP contribution in [0.3, 0.4) is 0 Å². The number of hydrogen-bond acceptors (Lipinski definition) is 4. The van der Waals surface area contributed by atoms with Crippen molar-refractivity contribution >= 4 is 6.03 Å². The summed E-state index contributed by atoms with van der Waals surface area (Å²) in [6.07, 6.45) is 1.39. The number of carbonyl (C=O) groups is 1. The highest BCUT2D eigenvalue weighted by Crippen LogP contribution is 2.18. The number of amides is 2. The minimum absolute atomic E-state index is 0.157. The number of urea groups is 1. The molecule has 1 aliphatic rings. The van der Waals surface area contributed by atoms with Crippen LogP contribution in [0.4, 0.5) is 4.79 Å². The van der Waals surface area contributed by atoms with Crippen molar-refractivity contribution in [3.8, 4) is 0 Å². The fourth-order valence-electron chi connectivity index (χ4n) is 3.11. The van der Waals surface area contributed by atoms with Crippen LogP contribution in [0.1, 0.15) is 23.9 Å². The van der Waals surface area contributed by atoms with Crippen LogP contribution in [-0.2, 0) is 13.1 Å². The molecule has 128 valence electrons. The highest BCUT2D eigenvalue weighted by atomic mass is 16.3. The highest BCUT2D eigenvalue weighted by molar-refractivity contribution is 5.74. The van der Waals surface area contributed by atoms with E-state index in [2.05, 4.69) is 51.7 Å². The van der Waals surface area contributed by atoms with E-state index in [1.165, 1.54) is 12.0 Å². The van der Waals surface area contributed by atoms with Gasteiger partial charge in [0.15, 0.2) is 6.39 Å². The van der Waals surface area contributed by atoms with Crippen molar-refractivity contribution in [2.24, 2.45) is 5.92 Å². The first-order chi connectivity index (χ1) is 11.6. The molecule has 0 saturated carbocycles. The minimum atomic E-state index is -0.157. The van der Waals surface area contributed by atoms with Crippen LogP contribution in [0.5, 0.6) is 0 Å². The van der Waals surface area contributed by atoms with E-state index in [9.17, 15) is 4.79 Å². The van der Waals surface area contributed by atoms with Gasteiger partial charge >= 0.3 is 6.03 Å². The average Bonchev–Trinajstić information content (AvgIpc) is 3.12. The lowest BCUT2D eigenvalue weighted by Crippen LogP contribution is -2.45. The molecule has 0 aliphatic carbocycles. The average molecular weight is 328 g/mol. The van der Waals surface area contributed by atoms with E-state index in [1.807, 2.05) is 13.0 Å². The van der Waals surface area contributed by atoms with Gasteiger partial charge in [-0.3, -0.25) is 4.90 Å². The van der Waals surface area contributed by atoms with Gasteiger partial charge < -0.3 is 15.1 Å². The lowest BCUT2D eigenvalue weighted by atomic mass is 10.1. The number of aryl methyl sites for hydroxylation is 1. The summed E-state index contributed by atoms with van der Waals surface area (Å²) in [6, 6.07) is 10.4. The fraction of sp³-hybridized carbons (Fsp3) is 0.444. The third kappa shape index (κ3) is 4.14. The summed E-state index contributed by atoms with van der Waals surface area (Å²) in [5, 5.41) is 5.92. The van der Waals surface area contributed by atoms with Gasteiger partial charge in [0.25, 0.3) is 0 Å². The Hall–Kier alpha value is -2.34. The van der Waals surface area contributed by atoms with Crippen LogP contribution >= 0.6 is 0 Å². The maximum absolute atomic E-state index is 12.1. The number of nitrogens with zero attached hydrogens (tertiary/aromatic N) is 2. The first-order valence-corrected chi connectivity index (χ1v) is 8.31. The highest BCUT2D eigenvalue weighted by Gasteiger charge is 2.30. The van der Waals surface area contributed by atoms with E-state index in [4.69, 9.17) is 4.42 Å². The molecule has 2 heterocycles. The summed E-state index contributed by atoms with van der Waals surface area (Å²) in [7, 11) is 0. The Morgan fingerprint density at radius 2 is 2.12 bits per heavy atom. The molecule has 1 fully saturated rings. The minimum Gasteiger partial charge on any atom is -0.448 e. The van der Waals surface area contributed by atoms with E-state index in [1.54, 1.807) is 0 Å². The molecule has 24 heavy (non-hydrogen) atoms. The van der Waals surface area contributed by atoms with Gasteiger partial charge in [0, 0.05) is 25.7 Å². The Morgan fingerprint density at radius 1 is 1.33 bits per heavy atom. The molecular formula is C18H24N4O2. The Balaban J connectivity index is 1.46. The molecule has 2 N–H and O–H groups in total. The molecule has 1 aromatic carbocycles. The predicted octanol–water partition coefficient (Wildman–Crippen LogP) is 2.30. The Kier molecular flexibility index (Phi) is 5.15. The zero-order chi connectivity index (χ0) is 16.9. The van der Waals surface area contributed by atoms with Crippen molar-refractivity contribution in [3.05, 3.63) is 53.7 Å². The molecule has 6 nitrogen and oxygen atoms in total. The predicted molar refractivity (Wildman–Crippen MR) is 91.3 cm³/mol. The summed E-state index contributed by atoms with van der Waals surface area (Å²) < 4.78 is 5.13. The van der Waals surface area contributed by atoms with Crippen molar-refractivity contribution in [2.75, 3.05) is 13.1 Å². The second kappa shape index (κ2) is 7.49. The quantitative estimate of drug-likeness (QED) is 0.883. The van der Waals surface area contributed by atoms with Crippen molar-refractivity contribution in [2.45, 2.75) is 33.0 Å². The van der Waals surface area contributed by atoms with Crippen LogP contribution in [0.25, 0.3) is 0 Å². The van der Waals surface area contributed by atoms with Gasteiger partial charge in [-0.05, 0) is 18.4 Å². The molecule has 0 radical (unpaired) electrons. The normalized spacial score (nSPS) is 20.9. The van der Waals surface area contributed by atoms with E-state index in [-0.39, 0.29) is 12.1 Å². The molecule has 2 atom stereocenters. The first-order valence-electron chi connectivity index (χ1n) is 8.31. The molecule has 0 unspecified atom stereocenters. The molecule has 2 aromatic rings. The number of nitrogens with one attached hydrogen (secondary N) is 2. The van der Waals surface area contributed by atoms with Crippen molar-refractivity contribution in [1.29, 1.82) is 0 Å². The molecule has 0 bridgehead atoms. The van der Waals surface area contributed by atoms with Crippen LogP contribution < -0.4 is 10.6 Å². The van der Waals surface area contributed by atoms with Crippen LogP contribution in [-0.4, -0.2) is 35.0 Å². The van der Waals surface area contributed by atoms with Gasteiger partial charge in [-0.2, -0.15) is 0 Å². The third-order valence-corrected chi connectivity index (χ3v) is 4.51. The molecular weight excluding hydrogens is 304 g/mol. The number of aromatic nitrogens is 1. The summed E-state index contributed by atoms with van der Waals surface area (Å²) in [5.74, 6) is 1.16. The SMILES string of the molecule is Cc1ocnc1CNC(=O)N[C@@H]1CN(Cc2ccccc2)C[C@H]1C. The zero-order valence-corrected chi connectivity index (χ0v) is 14.2. The number of benzene rings is 1. The Labute approximate surface area is 142 Å². The number of rotatable bonds is 5. The molecule has 1 aliphatic heterocycles. The van der Waals surface area contributed by atoms with Crippen LogP contribution in [0, 0.1) is 12.8 Å². The number of oxazole rings is 1. The molecule has 0 spiro atoms. The largest absolute Gasteiger partial charge is 0.448 e. The van der Waals surface area contributed by atoms with Crippen molar-refractivity contribution in [3.63, 3.8) is 0 Å². The topological polar surface area (TPSA) is 70.4 Å². The molecule has 2 amide bonds. The van der Waals surface area contributed by atoms with Gasteiger partial charge in [0.05, 0.1) is 6.54 Å². The number of likely N-dealkylation sites (tertiary alicyclic amines) is 1. The third-order valence-electron chi connectivity index (χ3n) is 4.51. The monoisotopic (exact) mass is 328 g/mol. The first kappa shape index (κ1) is 16.5. The summed E-state index contributed by atoms with van der Waals surface area (Å²) in [4.78, 5) is 18.6. The molecule has 1 aromatic heterocycles. The summed E-state index contributed by atoms with van der Waals surface area (Å²) in [5.41, 5.74) is 2.06. The lowest BCUT2D eigenvalue weighted by Gasteiger charge is -2.17. The van der Waals surface area contributed by atoms with Gasteiger partial charge in [-0.15, -0.1) is 0 Å². The summed E-state index contributed by atoms with van der Waals surface area (Å²) >= 11 is 0. The Morgan fingerprint density at radius 3 is 2.83 bits per heavy atom. The second-order valence-corrected chi connectivity index (χ2v) is 6.45. The molecule has 1 saturated heterocycles. The van der Waals surface area contributed by atoms with Gasteiger partial charge in [-0.25, -0.2) is 9.78 Å². The molecule has 6 heteroatoms. The molecule has 3 rings (SSSR count). The number of carbonyl (C=O) groups excluding carboxylic acids is 1. The van der Waals surface area contributed by atoms with E-state index in [0.717, 1.165) is 31.1 Å².